The average molecular weight is 249 g/mol. The van der Waals surface area contributed by atoms with Crippen LogP contribution in [0.5, 0.6) is 0 Å². The van der Waals surface area contributed by atoms with E-state index in [0.29, 0.717) is 11.5 Å². The van der Waals surface area contributed by atoms with Gasteiger partial charge in [-0.05, 0) is 49.4 Å². The molecule has 1 aromatic rings. The number of rotatable bonds is 3. The number of benzene rings is 1. The van der Waals surface area contributed by atoms with Crippen molar-refractivity contribution in [3.63, 3.8) is 0 Å². The number of likely N-dealkylation sites (tertiary alicyclic amines) is 1. The largest absolute Gasteiger partial charge is 0.338 e. The first kappa shape index (κ1) is 13.1. The Morgan fingerprint density at radius 3 is 2.78 bits per heavy atom. The standard InChI is InChI=1S/C15H20FNO/c1-2-4-12-5-3-10-17(11-12)15(18)13-6-8-14(16)9-7-13/h6-9,12H,2-5,10-11H2,1H3. The molecule has 1 unspecified atom stereocenters. The molecule has 2 nitrogen and oxygen atoms in total. The number of nitrogens with zero attached hydrogens (tertiary/aromatic N) is 1. The summed E-state index contributed by atoms with van der Waals surface area (Å²) >= 11 is 0. The first-order valence-corrected chi connectivity index (χ1v) is 6.75. The number of piperidine rings is 1. The van der Waals surface area contributed by atoms with E-state index in [1.54, 1.807) is 12.1 Å². The fourth-order valence-electron chi connectivity index (χ4n) is 2.67. The number of hydrogen-bond acceptors (Lipinski definition) is 1. The van der Waals surface area contributed by atoms with E-state index >= 15 is 0 Å². The minimum atomic E-state index is -0.297. The normalized spacial score (nSPS) is 19.9. The monoisotopic (exact) mass is 249 g/mol. The number of carbonyl (C=O) groups excluding carboxylic acids is 1. The molecule has 1 aromatic carbocycles. The molecule has 0 N–H and O–H groups in total. The average Bonchev–Trinajstić information content (AvgIpc) is 2.39. The van der Waals surface area contributed by atoms with Crippen molar-refractivity contribution in [2.45, 2.75) is 32.6 Å². The summed E-state index contributed by atoms with van der Waals surface area (Å²) < 4.78 is 12.8. The third kappa shape index (κ3) is 3.09. The quantitative estimate of drug-likeness (QED) is 0.803. The first-order chi connectivity index (χ1) is 8.70. The zero-order chi connectivity index (χ0) is 13.0. The summed E-state index contributed by atoms with van der Waals surface area (Å²) in [6.45, 7) is 3.86. The molecule has 1 saturated heterocycles. The van der Waals surface area contributed by atoms with E-state index in [1.807, 2.05) is 4.90 Å². The van der Waals surface area contributed by atoms with Crippen molar-refractivity contribution in [1.29, 1.82) is 0 Å². The van der Waals surface area contributed by atoms with Crippen LogP contribution in [0.2, 0.25) is 0 Å². The van der Waals surface area contributed by atoms with E-state index in [9.17, 15) is 9.18 Å². The second kappa shape index (κ2) is 5.98. The molecule has 1 aliphatic heterocycles. The zero-order valence-corrected chi connectivity index (χ0v) is 10.9. The Hall–Kier alpha value is -1.38. The van der Waals surface area contributed by atoms with Gasteiger partial charge in [0, 0.05) is 18.7 Å². The SMILES string of the molecule is CCCC1CCCN(C(=O)c2ccc(F)cc2)C1. The summed E-state index contributed by atoms with van der Waals surface area (Å²) in [7, 11) is 0. The number of carbonyl (C=O) groups is 1. The molecular weight excluding hydrogens is 229 g/mol. The van der Waals surface area contributed by atoms with Crippen LogP contribution < -0.4 is 0 Å². The molecule has 1 aliphatic rings. The van der Waals surface area contributed by atoms with Crippen LogP contribution in [0.15, 0.2) is 24.3 Å². The van der Waals surface area contributed by atoms with Crippen molar-refractivity contribution in [2.24, 2.45) is 5.92 Å². The van der Waals surface area contributed by atoms with Crippen molar-refractivity contribution >= 4 is 5.91 Å². The van der Waals surface area contributed by atoms with E-state index in [1.165, 1.54) is 31.4 Å². The molecule has 18 heavy (non-hydrogen) atoms. The van der Waals surface area contributed by atoms with Gasteiger partial charge >= 0.3 is 0 Å². The van der Waals surface area contributed by atoms with Crippen LogP contribution in [0, 0.1) is 11.7 Å². The summed E-state index contributed by atoms with van der Waals surface area (Å²) in [5.74, 6) is 0.373. The van der Waals surface area contributed by atoms with Crippen LogP contribution in [-0.4, -0.2) is 23.9 Å². The molecule has 3 heteroatoms. The summed E-state index contributed by atoms with van der Waals surface area (Å²) in [5, 5.41) is 0. The van der Waals surface area contributed by atoms with Crippen LogP contribution in [0.25, 0.3) is 0 Å². The Bertz CT molecular complexity index is 399. The van der Waals surface area contributed by atoms with Crippen molar-refractivity contribution in [3.05, 3.63) is 35.6 Å². The molecule has 98 valence electrons. The fraction of sp³-hybridized carbons (Fsp3) is 0.533. The third-order valence-corrected chi connectivity index (χ3v) is 3.59. The van der Waals surface area contributed by atoms with Gasteiger partial charge in [0.05, 0.1) is 0 Å². The van der Waals surface area contributed by atoms with Gasteiger partial charge in [-0.25, -0.2) is 4.39 Å². The molecule has 1 atom stereocenters. The van der Waals surface area contributed by atoms with E-state index in [0.717, 1.165) is 19.5 Å². The van der Waals surface area contributed by atoms with Crippen LogP contribution in [0.4, 0.5) is 4.39 Å². The molecule has 0 bridgehead atoms. The Morgan fingerprint density at radius 1 is 1.39 bits per heavy atom. The maximum absolute atomic E-state index is 12.8. The van der Waals surface area contributed by atoms with Gasteiger partial charge in [0.25, 0.3) is 5.91 Å². The number of halogens is 1. The highest BCUT2D eigenvalue weighted by Crippen LogP contribution is 2.22. The third-order valence-electron chi connectivity index (χ3n) is 3.59. The van der Waals surface area contributed by atoms with Gasteiger partial charge in [-0.1, -0.05) is 13.3 Å². The molecular formula is C15H20FNO. The Balaban J connectivity index is 2.02. The fourth-order valence-corrected chi connectivity index (χ4v) is 2.67. The lowest BCUT2D eigenvalue weighted by atomic mass is 9.93. The van der Waals surface area contributed by atoms with Crippen LogP contribution >= 0.6 is 0 Å². The molecule has 0 aliphatic carbocycles. The van der Waals surface area contributed by atoms with E-state index in [4.69, 9.17) is 0 Å². The second-order valence-electron chi connectivity index (χ2n) is 5.05. The van der Waals surface area contributed by atoms with Gasteiger partial charge < -0.3 is 4.90 Å². The Labute approximate surface area is 108 Å². The van der Waals surface area contributed by atoms with Gasteiger partial charge in [0.2, 0.25) is 0 Å². The Kier molecular flexibility index (Phi) is 4.34. The zero-order valence-electron chi connectivity index (χ0n) is 10.9. The summed E-state index contributed by atoms with van der Waals surface area (Å²) in [6.07, 6.45) is 4.66. The molecule has 1 amide bonds. The maximum Gasteiger partial charge on any atom is 0.253 e. The van der Waals surface area contributed by atoms with Gasteiger partial charge in [0.1, 0.15) is 5.82 Å². The second-order valence-corrected chi connectivity index (χ2v) is 5.05. The lowest BCUT2D eigenvalue weighted by Gasteiger charge is -2.32. The molecule has 0 saturated carbocycles. The first-order valence-electron chi connectivity index (χ1n) is 6.75. The highest BCUT2D eigenvalue weighted by atomic mass is 19.1. The van der Waals surface area contributed by atoms with Crippen LogP contribution in [-0.2, 0) is 0 Å². The predicted molar refractivity (Wildman–Crippen MR) is 69.9 cm³/mol. The molecule has 2 rings (SSSR count). The summed E-state index contributed by atoms with van der Waals surface area (Å²) in [4.78, 5) is 14.2. The van der Waals surface area contributed by atoms with E-state index in [-0.39, 0.29) is 11.7 Å². The highest BCUT2D eigenvalue weighted by Gasteiger charge is 2.23. The van der Waals surface area contributed by atoms with Crippen molar-refractivity contribution in [2.75, 3.05) is 13.1 Å². The molecule has 1 heterocycles. The minimum absolute atomic E-state index is 0.0378. The lowest BCUT2D eigenvalue weighted by Crippen LogP contribution is -2.39. The number of amides is 1. The topological polar surface area (TPSA) is 20.3 Å². The van der Waals surface area contributed by atoms with Gasteiger partial charge in [-0.2, -0.15) is 0 Å². The highest BCUT2D eigenvalue weighted by molar-refractivity contribution is 5.94. The van der Waals surface area contributed by atoms with Crippen molar-refractivity contribution in [3.8, 4) is 0 Å². The van der Waals surface area contributed by atoms with E-state index in [2.05, 4.69) is 6.92 Å². The minimum Gasteiger partial charge on any atom is -0.338 e. The maximum atomic E-state index is 12.8. The van der Waals surface area contributed by atoms with Gasteiger partial charge in [0.15, 0.2) is 0 Å². The molecule has 0 aromatic heterocycles. The van der Waals surface area contributed by atoms with Crippen molar-refractivity contribution in [1.82, 2.24) is 4.90 Å². The smallest absolute Gasteiger partial charge is 0.253 e. The molecule has 1 fully saturated rings. The predicted octanol–water partition coefficient (Wildman–Crippen LogP) is 3.48. The Morgan fingerprint density at radius 2 is 2.11 bits per heavy atom. The van der Waals surface area contributed by atoms with Crippen LogP contribution in [0.3, 0.4) is 0 Å². The summed E-state index contributed by atoms with van der Waals surface area (Å²) in [5.41, 5.74) is 0.591. The van der Waals surface area contributed by atoms with E-state index < -0.39 is 0 Å². The molecule has 0 radical (unpaired) electrons. The summed E-state index contributed by atoms with van der Waals surface area (Å²) in [6, 6.07) is 5.84. The van der Waals surface area contributed by atoms with Gasteiger partial charge in [-0.3, -0.25) is 4.79 Å². The molecule has 0 spiro atoms. The lowest BCUT2D eigenvalue weighted by molar-refractivity contribution is 0.0667. The van der Waals surface area contributed by atoms with Crippen LogP contribution in [0.1, 0.15) is 43.0 Å². The number of hydrogen-bond donors (Lipinski definition) is 0. The van der Waals surface area contributed by atoms with Crippen molar-refractivity contribution < 1.29 is 9.18 Å². The van der Waals surface area contributed by atoms with Gasteiger partial charge in [-0.15, -0.1) is 0 Å².